The van der Waals surface area contributed by atoms with Crippen LogP contribution in [0.4, 0.5) is 5.69 Å². The Balaban J connectivity index is 1.88. The number of nitrogens with one attached hydrogen (secondary N) is 2. The highest BCUT2D eigenvalue weighted by molar-refractivity contribution is 7.89. The van der Waals surface area contributed by atoms with Crippen molar-refractivity contribution >= 4 is 15.7 Å². The van der Waals surface area contributed by atoms with E-state index in [9.17, 15) is 8.42 Å². The van der Waals surface area contributed by atoms with Crippen LogP contribution in [0.5, 0.6) is 0 Å². The van der Waals surface area contributed by atoms with Gasteiger partial charge in [-0.05, 0) is 50.8 Å². The van der Waals surface area contributed by atoms with Crippen molar-refractivity contribution in [2.75, 3.05) is 18.5 Å². The van der Waals surface area contributed by atoms with Crippen LogP contribution in [0, 0.1) is 0 Å². The zero-order chi connectivity index (χ0) is 15.1. The first-order valence-corrected chi connectivity index (χ1v) is 8.91. The van der Waals surface area contributed by atoms with Gasteiger partial charge in [0.05, 0.1) is 16.5 Å². The SMILES string of the molecule is CC1OCCC1(C)NS(=O)(=O)c1ccc2c(c1)NCCC2. The van der Waals surface area contributed by atoms with Crippen molar-refractivity contribution in [2.24, 2.45) is 0 Å². The predicted molar refractivity (Wildman–Crippen MR) is 82.0 cm³/mol. The van der Waals surface area contributed by atoms with Gasteiger partial charge in [0.15, 0.2) is 0 Å². The maximum absolute atomic E-state index is 12.6. The number of sulfonamides is 1. The van der Waals surface area contributed by atoms with Gasteiger partial charge in [-0.15, -0.1) is 0 Å². The van der Waals surface area contributed by atoms with Crippen LogP contribution in [0.2, 0.25) is 0 Å². The minimum absolute atomic E-state index is 0.122. The average molecular weight is 310 g/mol. The number of rotatable bonds is 3. The van der Waals surface area contributed by atoms with Gasteiger partial charge < -0.3 is 10.1 Å². The predicted octanol–water partition coefficient (Wildman–Crippen LogP) is 1.89. The largest absolute Gasteiger partial charge is 0.385 e. The fourth-order valence-electron chi connectivity index (χ4n) is 2.94. The second kappa shape index (κ2) is 5.26. The Morgan fingerprint density at radius 2 is 2.24 bits per heavy atom. The summed E-state index contributed by atoms with van der Waals surface area (Å²) in [5, 5.41) is 3.27. The van der Waals surface area contributed by atoms with Gasteiger partial charge in [0.1, 0.15) is 0 Å². The zero-order valence-corrected chi connectivity index (χ0v) is 13.3. The molecule has 5 nitrogen and oxygen atoms in total. The number of benzene rings is 1. The first kappa shape index (κ1) is 14.8. The molecule has 0 aromatic heterocycles. The van der Waals surface area contributed by atoms with Crippen LogP contribution >= 0.6 is 0 Å². The third-order valence-corrected chi connectivity index (χ3v) is 6.19. The van der Waals surface area contributed by atoms with Crippen molar-refractivity contribution in [3.63, 3.8) is 0 Å². The molecule has 0 aliphatic carbocycles. The molecule has 3 rings (SSSR count). The topological polar surface area (TPSA) is 67.4 Å². The number of anilines is 1. The maximum atomic E-state index is 12.6. The molecular weight excluding hydrogens is 288 g/mol. The monoisotopic (exact) mass is 310 g/mol. The average Bonchev–Trinajstić information content (AvgIpc) is 2.77. The highest BCUT2D eigenvalue weighted by Crippen LogP contribution is 2.29. The summed E-state index contributed by atoms with van der Waals surface area (Å²) in [6, 6.07) is 5.34. The summed E-state index contributed by atoms with van der Waals surface area (Å²) in [5.74, 6) is 0. The minimum Gasteiger partial charge on any atom is -0.385 e. The number of aryl methyl sites for hydroxylation is 1. The lowest BCUT2D eigenvalue weighted by Crippen LogP contribution is -2.50. The Hall–Kier alpha value is -1.11. The smallest absolute Gasteiger partial charge is 0.241 e. The van der Waals surface area contributed by atoms with Gasteiger partial charge >= 0.3 is 0 Å². The van der Waals surface area contributed by atoms with Gasteiger partial charge in [-0.3, -0.25) is 0 Å². The molecule has 116 valence electrons. The number of hydrogen-bond acceptors (Lipinski definition) is 4. The van der Waals surface area contributed by atoms with E-state index in [1.165, 1.54) is 5.56 Å². The molecule has 1 fully saturated rings. The molecule has 0 bridgehead atoms. The molecule has 0 radical (unpaired) electrons. The quantitative estimate of drug-likeness (QED) is 0.894. The van der Waals surface area contributed by atoms with Crippen molar-refractivity contribution in [1.82, 2.24) is 4.72 Å². The van der Waals surface area contributed by atoms with E-state index in [-0.39, 0.29) is 6.10 Å². The third kappa shape index (κ3) is 2.80. The van der Waals surface area contributed by atoms with E-state index >= 15 is 0 Å². The summed E-state index contributed by atoms with van der Waals surface area (Å²) in [6.45, 7) is 5.29. The van der Waals surface area contributed by atoms with Gasteiger partial charge in [0, 0.05) is 18.8 Å². The fraction of sp³-hybridized carbons (Fsp3) is 0.600. The summed E-state index contributed by atoms with van der Waals surface area (Å²) < 4.78 is 33.6. The first-order chi connectivity index (χ1) is 9.91. The summed E-state index contributed by atoms with van der Waals surface area (Å²) in [5.41, 5.74) is 1.58. The molecule has 1 saturated heterocycles. The number of hydrogen-bond donors (Lipinski definition) is 2. The van der Waals surface area contributed by atoms with Crippen LogP contribution in [0.3, 0.4) is 0 Å². The van der Waals surface area contributed by atoms with E-state index in [1.54, 1.807) is 12.1 Å². The Kier molecular flexibility index (Phi) is 3.71. The zero-order valence-electron chi connectivity index (χ0n) is 12.5. The van der Waals surface area contributed by atoms with Crippen LogP contribution < -0.4 is 10.0 Å². The van der Waals surface area contributed by atoms with E-state index in [0.717, 1.165) is 25.1 Å². The minimum atomic E-state index is -3.54. The second-order valence-corrected chi connectivity index (χ2v) is 7.82. The molecule has 1 aromatic rings. The van der Waals surface area contributed by atoms with Crippen LogP contribution in [0.15, 0.2) is 23.1 Å². The first-order valence-electron chi connectivity index (χ1n) is 7.43. The molecule has 2 N–H and O–H groups in total. The molecule has 1 aromatic carbocycles. The summed E-state index contributed by atoms with van der Waals surface area (Å²) >= 11 is 0. The Morgan fingerprint density at radius 1 is 1.43 bits per heavy atom. The van der Waals surface area contributed by atoms with E-state index in [0.29, 0.717) is 17.9 Å². The van der Waals surface area contributed by atoms with Crippen LogP contribution in [0.25, 0.3) is 0 Å². The Morgan fingerprint density at radius 3 is 2.95 bits per heavy atom. The second-order valence-electron chi connectivity index (χ2n) is 6.14. The molecular formula is C15H22N2O3S. The standard InChI is InChI=1S/C15H22N2O3S/c1-11-15(2,7-9-20-11)17-21(18,19)13-6-5-12-4-3-8-16-14(12)10-13/h5-6,10-11,16-17H,3-4,7-9H2,1-2H3. The van der Waals surface area contributed by atoms with Crippen molar-refractivity contribution in [3.05, 3.63) is 23.8 Å². The molecule has 2 aliphatic rings. The highest BCUT2D eigenvalue weighted by Gasteiger charge is 2.40. The molecule has 2 aliphatic heterocycles. The number of ether oxygens (including phenoxy) is 1. The molecule has 0 spiro atoms. The molecule has 0 amide bonds. The van der Waals surface area contributed by atoms with Crippen LogP contribution in [-0.2, 0) is 21.2 Å². The van der Waals surface area contributed by atoms with Gasteiger partial charge in [0.25, 0.3) is 0 Å². The maximum Gasteiger partial charge on any atom is 0.241 e. The van der Waals surface area contributed by atoms with Crippen LogP contribution in [-0.4, -0.2) is 33.2 Å². The normalized spacial score (nSPS) is 29.0. The Labute approximate surface area is 126 Å². The van der Waals surface area contributed by atoms with Gasteiger partial charge in [-0.1, -0.05) is 6.07 Å². The van der Waals surface area contributed by atoms with Gasteiger partial charge in [-0.2, -0.15) is 0 Å². The summed E-state index contributed by atoms with van der Waals surface area (Å²) in [4.78, 5) is 0.316. The lowest BCUT2D eigenvalue weighted by molar-refractivity contribution is 0.0957. The molecule has 2 unspecified atom stereocenters. The number of fused-ring (bicyclic) bond motifs is 1. The van der Waals surface area contributed by atoms with Crippen LogP contribution in [0.1, 0.15) is 32.3 Å². The van der Waals surface area contributed by atoms with Crippen molar-refractivity contribution in [2.45, 2.75) is 49.6 Å². The molecule has 0 saturated carbocycles. The van der Waals surface area contributed by atoms with Crippen molar-refractivity contribution in [3.8, 4) is 0 Å². The van der Waals surface area contributed by atoms with Gasteiger partial charge in [-0.25, -0.2) is 13.1 Å². The summed E-state index contributed by atoms with van der Waals surface area (Å²) in [6.07, 6.45) is 2.66. The molecule has 2 atom stereocenters. The van der Waals surface area contributed by atoms with Crippen molar-refractivity contribution in [1.29, 1.82) is 0 Å². The third-order valence-electron chi connectivity index (χ3n) is 4.58. The van der Waals surface area contributed by atoms with E-state index in [1.807, 2.05) is 19.9 Å². The van der Waals surface area contributed by atoms with Crippen molar-refractivity contribution < 1.29 is 13.2 Å². The highest BCUT2D eigenvalue weighted by atomic mass is 32.2. The summed E-state index contributed by atoms with van der Waals surface area (Å²) in [7, 11) is -3.54. The van der Waals surface area contributed by atoms with Gasteiger partial charge in [0.2, 0.25) is 10.0 Å². The lowest BCUT2D eigenvalue weighted by Gasteiger charge is -2.28. The molecule has 6 heteroatoms. The van der Waals surface area contributed by atoms with E-state index in [2.05, 4.69) is 10.0 Å². The Bertz CT molecular complexity index is 644. The molecule has 21 heavy (non-hydrogen) atoms. The van der Waals surface area contributed by atoms with E-state index < -0.39 is 15.6 Å². The fourth-order valence-corrected chi connectivity index (χ4v) is 4.46. The van der Waals surface area contributed by atoms with E-state index in [4.69, 9.17) is 4.74 Å². The molecule has 2 heterocycles. The lowest BCUT2D eigenvalue weighted by atomic mass is 9.97.